The van der Waals surface area contributed by atoms with Gasteiger partial charge in [-0.05, 0) is 42.4 Å². The molecule has 104 valence electrons. The summed E-state index contributed by atoms with van der Waals surface area (Å²) in [7, 11) is 0. The second kappa shape index (κ2) is 4.79. The number of hydrogen-bond donors (Lipinski definition) is 2. The van der Waals surface area contributed by atoms with Crippen LogP contribution in [0, 0.1) is 35.5 Å². The van der Waals surface area contributed by atoms with Crippen LogP contribution in [0.15, 0.2) is 0 Å². The molecule has 0 radical (unpaired) electrons. The minimum atomic E-state index is -0.253. The number of aliphatic hydroxyl groups excluding tert-OH is 2. The molecule has 18 heavy (non-hydrogen) atoms. The minimum Gasteiger partial charge on any atom is -0.392 e. The molecule has 0 bridgehead atoms. The first kappa shape index (κ1) is 12.9. The smallest absolute Gasteiger partial charge is 0.0626 e. The van der Waals surface area contributed by atoms with E-state index in [1.54, 1.807) is 0 Å². The van der Waals surface area contributed by atoms with Gasteiger partial charge in [0.25, 0.3) is 0 Å². The van der Waals surface area contributed by atoms with Gasteiger partial charge in [0, 0.05) is 5.92 Å². The molecule has 3 fully saturated rings. The molecule has 0 aliphatic heterocycles. The Hall–Kier alpha value is -0.0800. The molecule has 0 amide bonds. The predicted molar refractivity (Wildman–Crippen MR) is 72.0 cm³/mol. The van der Waals surface area contributed by atoms with Gasteiger partial charge in [-0.15, -0.1) is 0 Å². The van der Waals surface area contributed by atoms with E-state index in [1.165, 1.54) is 32.1 Å². The highest BCUT2D eigenvalue weighted by Gasteiger charge is 2.54. The standard InChI is InChI=1S/C16H28O2/c1-9(2)12-7-11-8-13(10-5-3-4-6-10)16(18)14(11)15(12)17/h9-18H,3-8H2,1-2H3/t11?,12-,13+,14?,15?,16?/m1/s1. The largest absolute Gasteiger partial charge is 0.392 e. The van der Waals surface area contributed by atoms with E-state index in [9.17, 15) is 10.2 Å². The van der Waals surface area contributed by atoms with E-state index in [2.05, 4.69) is 13.8 Å². The maximum absolute atomic E-state index is 10.6. The van der Waals surface area contributed by atoms with E-state index in [0.29, 0.717) is 23.7 Å². The quantitative estimate of drug-likeness (QED) is 0.793. The second-order valence-corrected chi connectivity index (χ2v) is 7.41. The first-order valence-corrected chi connectivity index (χ1v) is 7.95. The lowest BCUT2D eigenvalue weighted by atomic mass is 9.82. The van der Waals surface area contributed by atoms with Crippen molar-refractivity contribution in [1.29, 1.82) is 0 Å². The van der Waals surface area contributed by atoms with Crippen LogP contribution in [0.5, 0.6) is 0 Å². The lowest BCUT2D eigenvalue weighted by molar-refractivity contribution is -0.0129. The van der Waals surface area contributed by atoms with Crippen LogP contribution in [0.2, 0.25) is 0 Å². The van der Waals surface area contributed by atoms with Crippen molar-refractivity contribution in [2.45, 2.75) is 64.6 Å². The molecular weight excluding hydrogens is 224 g/mol. The first-order chi connectivity index (χ1) is 8.59. The van der Waals surface area contributed by atoms with E-state index in [4.69, 9.17) is 0 Å². The van der Waals surface area contributed by atoms with Crippen molar-refractivity contribution >= 4 is 0 Å². The number of fused-ring (bicyclic) bond motifs is 1. The third-order valence-electron chi connectivity index (χ3n) is 6.22. The Kier molecular flexibility index (Phi) is 3.44. The average Bonchev–Trinajstić information content (AvgIpc) is 2.97. The van der Waals surface area contributed by atoms with Gasteiger partial charge >= 0.3 is 0 Å². The van der Waals surface area contributed by atoms with Crippen molar-refractivity contribution in [3.63, 3.8) is 0 Å². The Bertz CT molecular complexity index is 295. The van der Waals surface area contributed by atoms with Crippen LogP contribution < -0.4 is 0 Å². The Balaban J connectivity index is 1.71. The molecule has 3 aliphatic carbocycles. The highest BCUT2D eigenvalue weighted by Crippen LogP contribution is 2.54. The van der Waals surface area contributed by atoms with Gasteiger partial charge in [-0.25, -0.2) is 0 Å². The van der Waals surface area contributed by atoms with E-state index in [1.807, 2.05) is 0 Å². The van der Waals surface area contributed by atoms with Gasteiger partial charge in [0.2, 0.25) is 0 Å². The van der Waals surface area contributed by atoms with Gasteiger partial charge in [-0.2, -0.15) is 0 Å². The molecule has 0 aromatic heterocycles. The summed E-state index contributed by atoms with van der Waals surface area (Å²) in [6.45, 7) is 4.41. The third-order valence-corrected chi connectivity index (χ3v) is 6.22. The van der Waals surface area contributed by atoms with Crippen molar-refractivity contribution in [2.24, 2.45) is 35.5 Å². The monoisotopic (exact) mass is 252 g/mol. The number of hydrogen-bond acceptors (Lipinski definition) is 2. The minimum absolute atomic E-state index is 0.183. The van der Waals surface area contributed by atoms with Gasteiger partial charge in [0.1, 0.15) is 0 Å². The van der Waals surface area contributed by atoms with Crippen LogP contribution in [0.25, 0.3) is 0 Å². The molecule has 0 saturated heterocycles. The van der Waals surface area contributed by atoms with E-state index in [0.717, 1.165) is 12.3 Å². The molecule has 3 aliphatic rings. The molecule has 0 aromatic carbocycles. The molecule has 3 saturated carbocycles. The van der Waals surface area contributed by atoms with Gasteiger partial charge in [0.15, 0.2) is 0 Å². The molecule has 2 N–H and O–H groups in total. The average molecular weight is 252 g/mol. The molecule has 0 spiro atoms. The molecule has 0 heterocycles. The first-order valence-electron chi connectivity index (χ1n) is 7.95. The zero-order valence-electron chi connectivity index (χ0n) is 11.8. The predicted octanol–water partition coefficient (Wildman–Crippen LogP) is 2.83. The topological polar surface area (TPSA) is 40.5 Å². The Labute approximate surface area is 111 Å². The van der Waals surface area contributed by atoms with Crippen LogP contribution in [0.3, 0.4) is 0 Å². The number of rotatable bonds is 2. The summed E-state index contributed by atoms with van der Waals surface area (Å²) in [6, 6.07) is 0. The molecule has 0 aromatic rings. The fraction of sp³-hybridized carbons (Fsp3) is 1.00. The highest BCUT2D eigenvalue weighted by molar-refractivity contribution is 5.04. The second-order valence-electron chi connectivity index (χ2n) is 7.41. The van der Waals surface area contributed by atoms with Crippen LogP contribution >= 0.6 is 0 Å². The molecule has 2 heteroatoms. The van der Waals surface area contributed by atoms with E-state index in [-0.39, 0.29) is 18.1 Å². The summed E-state index contributed by atoms with van der Waals surface area (Å²) in [6.07, 6.45) is 7.16. The summed E-state index contributed by atoms with van der Waals surface area (Å²) >= 11 is 0. The summed E-state index contributed by atoms with van der Waals surface area (Å²) < 4.78 is 0. The highest BCUT2D eigenvalue weighted by atomic mass is 16.3. The van der Waals surface area contributed by atoms with Crippen molar-refractivity contribution in [1.82, 2.24) is 0 Å². The molecule has 2 nitrogen and oxygen atoms in total. The van der Waals surface area contributed by atoms with Crippen LogP contribution in [-0.4, -0.2) is 22.4 Å². The maximum atomic E-state index is 10.6. The maximum Gasteiger partial charge on any atom is 0.0626 e. The molecular formula is C16H28O2. The summed E-state index contributed by atoms with van der Waals surface area (Å²) in [5.41, 5.74) is 0. The molecule has 4 unspecified atom stereocenters. The van der Waals surface area contributed by atoms with Crippen LogP contribution in [-0.2, 0) is 0 Å². The van der Waals surface area contributed by atoms with Gasteiger partial charge in [0.05, 0.1) is 12.2 Å². The Morgan fingerprint density at radius 3 is 2.11 bits per heavy atom. The SMILES string of the molecule is CC(C)[C@H]1CC2C[C@@H](C3CCCC3)C(O)C2C1O. The van der Waals surface area contributed by atoms with Crippen molar-refractivity contribution < 1.29 is 10.2 Å². The third kappa shape index (κ3) is 1.92. The summed E-state index contributed by atoms with van der Waals surface area (Å²) in [4.78, 5) is 0. The van der Waals surface area contributed by atoms with Gasteiger partial charge < -0.3 is 10.2 Å². The lowest BCUT2D eigenvalue weighted by Crippen LogP contribution is -2.35. The zero-order valence-corrected chi connectivity index (χ0v) is 11.8. The van der Waals surface area contributed by atoms with Crippen molar-refractivity contribution in [3.8, 4) is 0 Å². The van der Waals surface area contributed by atoms with Gasteiger partial charge in [-0.3, -0.25) is 0 Å². The van der Waals surface area contributed by atoms with Crippen LogP contribution in [0.4, 0.5) is 0 Å². The van der Waals surface area contributed by atoms with E-state index >= 15 is 0 Å². The van der Waals surface area contributed by atoms with Gasteiger partial charge in [-0.1, -0.05) is 39.5 Å². The molecule has 3 rings (SSSR count). The summed E-state index contributed by atoms with van der Waals surface area (Å²) in [5.74, 6) is 2.97. The summed E-state index contributed by atoms with van der Waals surface area (Å²) in [5, 5.41) is 21.1. The molecule has 6 atom stereocenters. The zero-order chi connectivity index (χ0) is 12.9. The fourth-order valence-electron chi connectivity index (χ4n) is 5.24. The van der Waals surface area contributed by atoms with Crippen molar-refractivity contribution in [2.75, 3.05) is 0 Å². The Morgan fingerprint density at radius 1 is 0.889 bits per heavy atom. The lowest BCUT2D eigenvalue weighted by Gasteiger charge is -2.29. The van der Waals surface area contributed by atoms with Crippen LogP contribution in [0.1, 0.15) is 52.4 Å². The fourth-order valence-corrected chi connectivity index (χ4v) is 5.24. The normalized spacial score (nSPS) is 49.2. The van der Waals surface area contributed by atoms with E-state index < -0.39 is 0 Å². The Morgan fingerprint density at radius 2 is 1.56 bits per heavy atom. The number of aliphatic hydroxyl groups is 2. The van der Waals surface area contributed by atoms with Crippen molar-refractivity contribution in [3.05, 3.63) is 0 Å².